The SMILES string of the molecule is CC(C)CCC[C@@H](C)[C@H]1CC[C@H]2[C@@H]3CC(OC4O[C@H](CO)[C@@H](O)[C@H](O)[C@H]4O)=C4CC(O)CC[C@]4(C)[C@H]3CC[C@]12C. The van der Waals surface area contributed by atoms with Crippen LogP contribution in [0.1, 0.15) is 105 Å². The molecule has 0 radical (unpaired) electrons. The molecule has 1 saturated heterocycles. The van der Waals surface area contributed by atoms with Gasteiger partial charge in [-0.1, -0.05) is 53.9 Å². The Morgan fingerprint density at radius 1 is 0.875 bits per heavy atom. The maximum absolute atomic E-state index is 10.8. The van der Waals surface area contributed by atoms with Crippen LogP contribution in [0.4, 0.5) is 0 Å². The first-order chi connectivity index (χ1) is 18.9. The second-order valence-electron chi connectivity index (χ2n) is 15.1. The van der Waals surface area contributed by atoms with Crippen molar-refractivity contribution in [2.24, 2.45) is 46.3 Å². The van der Waals surface area contributed by atoms with Crippen molar-refractivity contribution in [2.45, 2.75) is 142 Å². The fourth-order valence-corrected chi connectivity index (χ4v) is 10.2. The van der Waals surface area contributed by atoms with E-state index in [1.165, 1.54) is 44.9 Å². The van der Waals surface area contributed by atoms with Crippen molar-refractivity contribution < 1.29 is 35.0 Å². The fraction of sp³-hybridized carbons (Fsp3) is 0.939. The molecule has 230 valence electrons. The lowest BCUT2D eigenvalue weighted by Crippen LogP contribution is -2.59. The van der Waals surface area contributed by atoms with Gasteiger partial charge in [-0.05, 0) is 96.9 Å². The van der Waals surface area contributed by atoms with E-state index in [9.17, 15) is 25.5 Å². The van der Waals surface area contributed by atoms with Crippen molar-refractivity contribution in [3.8, 4) is 0 Å². The lowest BCUT2D eigenvalue weighted by Gasteiger charge is -2.59. The van der Waals surface area contributed by atoms with Gasteiger partial charge in [0.25, 0.3) is 0 Å². The molecule has 7 heteroatoms. The van der Waals surface area contributed by atoms with Gasteiger partial charge in [-0.2, -0.15) is 0 Å². The Kier molecular flexibility index (Phi) is 9.04. The van der Waals surface area contributed by atoms with Crippen LogP contribution in [0.15, 0.2) is 11.3 Å². The molecule has 2 unspecified atom stereocenters. The van der Waals surface area contributed by atoms with Gasteiger partial charge in [-0.25, -0.2) is 0 Å². The molecule has 40 heavy (non-hydrogen) atoms. The van der Waals surface area contributed by atoms with Crippen LogP contribution in [-0.2, 0) is 9.47 Å². The van der Waals surface area contributed by atoms with Crippen LogP contribution < -0.4 is 0 Å². The molecule has 0 aromatic carbocycles. The van der Waals surface area contributed by atoms with Crippen LogP contribution >= 0.6 is 0 Å². The number of allylic oxidation sites excluding steroid dienone is 1. The molecule has 4 fully saturated rings. The number of aliphatic hydroxyl groups excluding tert-OH is 5. The zero-order valence-corrected chi connectivity index (χ0v) is 25.5. The van der Waals surface area contributed by atoms with E-state index in [0.29, 0.717) is 29.6 Å². The summed E-state index contributed by atoms with van der Waals surface area (Å²) in [6, 6.07) is 0. The Balaban J connectivity index is 1.41. The van der Waals surface area contributed by atoms with Crippen molar-refractivity contribution in [3.63, 3.8) is 0 Å². The fourth-order valence-electron chi connectivity index (χ4n) is 10.2. The molecule has 0 spiro atoms. The number of rotatable bonds is 8. The van der Waals surface area contributed by atoms with Crippen molar-refractivity contribution in [1.82, 2.24) is 0 Å². The lowest BCUT2D eigenvalue weighted by atomic mass is 9.46. The van der Waals surface area contributed by atoms with E-state index in [1.807, 2.05) is 0 Å². The zero-order chi connectivity index (χ0) is 29.0. The van der Waals surface area contributed by atoms with Crippen LogP contribution in [0.2, 0.25) is 0 Å². The van der Waals surface area contributed by atoms with Crippen LogP contribution in [0.25, 0.3) is 0 Å². The van der Waals surface area contributed by atoms with E-state index < -0.39 is 43.4 Å². The Labute approximate surface area is 241 Å². The molecule has 1 aliphatic heterocycles. The minimum atomic E-state index is -1.47. The van der Waals surface area contributed by atoms with E-state index in [2.05, 4.69) is 34.6 Å². The highest BCUT2D eigenvalue weighted by Gasteiger charge is 2.61. The van der Waals surface area contributed by atoms with Gasteiger partial charge in [0.15, 0.2) is 0 Å². The van der Waals surface area contributed by atoms with E-state index in [0.717, 1.165) is 48.3 Å². The van der Waals surface area contributed by atoms with Gasteiger partial charge < -0.3 is 35.0 Å². The molecule has 4 aliphatic carbocycles. The van der Waals surface area contributed by atoms with Gasteiger partial charge >= 0.3 is 0 Å². The van der Waals surface area contributed by atoms with Crippen molar-refractivity contribution >= 4 is 0 Å². The molecule has 0 bridgehead atoms. The van der Waals surface area contributed by atoms with Gasteiger partial charge in [-0.3, -0.25) is 0 Å². The van der Waals surface area contributed by atoms with Gasteiger partial charge in [0.1, 0.15) is 24.4 Å². The summed E-state index contributed by atoms with van der Waals surface area (Å²) in [5.41, 5.74) is 1.38. The summed E-state index contributed by atoms with van der Waals surface area (Å²) in [7, 11) is 0. The first-order valence-electron chi connectivity index (χ1n) is 16.3. The highest BCUT2D eigenvalue weighted by molar-refractivity contribution is 5.29. The highest BCUT2D eigenvalue weighted by Crippen LogP contribution is 2.68. The number of hydrogen-bond acceptors (Lipinski definition) is 7. The summed E-state index contributed by atoms with van der Waals surface area (Å²) in [4.78, 5) is 0. The average Bonchev–Trinajstić information content (AvgIpc) is 3.27. The molecule has 0 aromatic heterocycles. The second kappa shape index (κ2) is 11.8. The Morgan fingerprint density at radius 2 is 1.62 bits per heavy atom. The largest absolute Gasteiger partial charge is 0.466 e. The molecule has 3 saturated carbocycles. The molecule has 1 heterocycles. The zero-order valence-electron chi connectivity index (χ0n) is 25.5. The van der Waals surface area contributed by atoms with Crippen molar-refractivity contribution in [2.75, 3.05) is 6.61 Å². The predicted octanol–water partition coefficient (Wildman–Crippen LogP) is 4.53. The second-order valence-corrected chi connectivity index (χ2v) is 15.1. The minimum absolute atomic E-state index is 0.0755. The summed E-state index contributed by atoms with van der Waals surface area (Å²) in [5.74, 6) is 4.65. The van der Waals surface area contributed by atoms with E-state index in [1.54, 1.807) is 0 Å². The minimum Gasteiger partial charge on any atom is -0.466 e. The molecule has 13 atom stereocenters. The first-order valence-corrected chi connectivity index (χ1v) is 16.3. The third kappa shape index (κ3) is 5.30. The van der Waals surface area contributed by atoms with Crippen LogP contribution in [0.3, 0.4) is 0 Å². The maximum Gasteiger partial charge on any atom is 0.228 e. The summed E-state index contributed by atoms with van der Waals surface area (Å²) in [5, 5.41) is 51.9. The van der Waals surface area contributed by atoms with E-state index in [-0.39, 0.29) is 5.41 Å². The monoisotopic (exact) mass is 564 g/mol. The van der Waals surface area contributed by atoms with Crippen molar-refractivity contribution in [3.05, 3.63) is 11.3 Å². The van der Waals surface area contributed by atoms with Gasteiger partial charge in [0.05, 0.1) is 18.5 Å². The summed E-state index contributed by atoms with van der Waals surface area (Å²) in [6.45, 7) is 11.6. The Hall–Kier alpha value is -0.700. The Morgan fingerprint density at radius 3 is 2.33 bits per heavy atom. The molecule has 0 amide bonds. The molecule has 0 aromatic rings. The molecule has 5 rings (SSSR count). The highest BCUT2D eigenvalue weighted by atomic mass is 16.7. The first kappa shape index (κ1) is 30.7. The smallest absolute Gasteiger partial charge is 0.228 e. The van der Waals surface area contributed by atoms with Gasteiger partial charge in [-0.15, -0.1) is 0 Å². The van der Waals surface area contributed by atoms with Gasteiger partial charge in [0.2, 0.25) is 6.29 Å². The quantitative estimate of drug-likeness (QED) is 0.294. The molecule has 7 nitrogen and oxygen atoms in total. The standard InChI is InChI=1S/C33H56O7/c1-18(2)7-6-8-19(3)22-9-10-23-21-16-26(39-31-30(38)29(37)28(36)27(17-34)40-31)25-15-20(35)11-13-33(25,5)24(21)12-14-32(22,23)4/h18-24,27-31,34-38H,6-17H2,1-5H3/t19-,20?,21+,22-,23+,24+,27-,28-,29+,30-,31?,32-,33-/m1/s1. The topological polar surface area (TPSA) is 120 Å². The van der Waals surface area contributed by atoms with E-state index >= 15 is 0 Å². The number of fused-ring (bicyclic) bond motifs is 5. The number of ether oxygens (including phenoxy) is 2. The third-order valence-electron chi connectivity index (χ3n) is 12.4. The summed E-state index contributed by atoms with van der Waals surface area (Å²) in [6.07, 6.45) is 5.07. The van der Waals surface area contributed by atoms with Gasteiger partial charge in [0, 0.05) is 6.42 Å². The lowest BCUT2D eigenvalue weighted by molar-refractivity contribution is -0.293. The van der Waals surface area contributed by atoms with Crippen LogP contribution in [-0.4, -0.2) is 68.9 Å². The summed E-state index contributed by atoms with van der Waals surface area (Å²) >= 11 is 0. The molecule has 5 aliphatic rings. The molecular formula is C33H56O7. The van der Waals surface area contributed by atoms with Crippen LogP contribution in [0.5, 0.6) is 0 Å². The average molecular weight is 565 g/mol. The number of aliphatic hydroxyl groups is 5. The predicted molar refractivity (Wildman–Crippen MR) is 153 cm³/mol. The number of hydrogen-bond donors (Lipinski definition) is 5. The van der Waals surface area contributed by atoms with E-state index in [4.69, 9.17) is 9.47 Å². The van der Waals surface area contributed by atoms with Crippen LogP contribution in [0, 0.1) is 46.3 Å². The Bertz CT molecular complexity index is 918. The normalized spacial score (nSPS) is 48.0. The summed E-state index contributed by atoms with van der Waals surface area (Å²) < 4.78 is 12.3. The third-order valence-corrected chi connectivity index (χ3v) is 12.4. The molecular weight excluding hydrogens is 508 g/mol. The molecule has 5 N–H and O–H groups in total. The van der Waals surface area contributed by atoms with Crippen molar-refractivity contribution in [1.29, 1.82) is 0 Å². The maximum atomic E-state index is 10.8.